The maximum Gasteiger partial charge on any atom is 0.156 e. The third-order valence-electron chi connectivity index (χ3n) is 7.67. The van der Waals surface area contributed by atoms with Gasteiger partial charge >= 0.3 is 0 Å². The molecular formula is C41H44N8O4. The Morgan fingerprint density at radius 2 is 1.00 bits per heavy atom. The Balaban J connectivity index is 1.17. The first-order valence-corrected chi connectivity index (χ1v) is 17.6. The minimum Gasteiger partial charge on any atom is -0.491 e. The molecule has 0 unspecified atom stereocenters. The average Bonchev–Trinajstić information content (AvgIpc) is 3.20. The highest BCUT2D eigenvalue weighted by atomic mass is 16.5. The third kappa shape index (κ3) is 13.2. The van der Waals surface area contributed by atoms with E-state index in [9.17, 15) is 5.26 Å². The monoisotopic (exact) mass is 712 g/mol. The number of para-hydroxylation sites is 2. The van der Waals surface area contributed by atoms with Crippen molar-refractivity contribution < 1.29 is 18.9 Å². The van der Waals surface area contributed by atoms with E-state index in [2.05, 4.69) is 37.2 Å². The molecule has 5 rings (SSSR count). The van der Waals surface area contributed by atoms with Crippen LogP contribution in [0.5, 0.6) is 11.5 Å². The van der Waals surface area contributed by atoms with E-state index in [1.807, 2.05) is 122 Å². The Hall–Kier alpha value is -6.16. The summed E-state index contributed by atoms with van der Waals surface area (Å²) in [6.45, 7) is 5.95. The summed E-state index contributed by atoms with van der Waals surface area (Å²) in [5.74, 6) is 2.62. The van der Waals surface area contributed by atoms with Crippen molar-refractivity contribution in [2.45, 2.75) is 19.8 Å². The van der Waals surface area contributed by atoms with E-state index in [0.717, 1.165) is 23.6 Å². The highest BCUT2D eigenvalue weighted by Gasteiger charge is 2.17. The van der Waals surface area contributed by atoms with Crippen molar-refractivity contribution in [3.8, 4) is 17.6 Å². The molecule has 12 heteroatoms. The molecule has 0 radical (unpaired) electrons. The second-order valence-electron chi connectivity index (χ2n) is 11.6. The fourth-order valence-corrected chi connectivity index (χ4v) is 4.94. The molecule has 1 heterocycles. The Kier molecular flexibility index (Phi) is 15.8. The van der Waals surface area contributed by atoms with E-state index < -0.39 is 0 Å². The van der Waals surface area contributed by atoms with Crippen molar-refractivity contribution in [3.63, 3.8) is 0 Å². The van der Waals surface area contributed by atoms with Crippen LogP contribution in [0.4, 0.5) is 34.4 Å². The predicted molar refractivity (Wildman–Crippen MR) is 207 cm³/mol. The van der Waals surface area contributed by atoms with Crippen molar-refractivity contribution in [3.05, 3.63) is 126 Å². The van der Waals surface area contributed by atoms with Gasteiger partial charge in [-0.25, -0.2) is 4.98 Å². The smallest absolute Gasteiger partial charge is 0.156 e. The molecule has 0 bridgehead atoms. The number of hydrogen-bond donors (Lipinski definition) is 2. The fourth-order valence-electron chi connectivity index (χ4n) is 4.94. The molecule has 272 valence electrons. The number of nitrogens with one attached hydrogen (secondary N) is 2. The Bertz CT molecular complexity index is 1900. The van der Waals surface area contributed by atoms with Crippen LogP contribution in [0.15, 0.2) is 136 Å². The lowest BCUT2D eigenvalue weighted by Gasteiger charge is -2.16. The van der Waals surface area contributed by atoms with Crippen molar-refractivity contribution in [1.82, 2.24) is 4.98 Å². The van der Waals surface area contributed by atoms with E-state index in [0.29, 0.717) is 99.0 Å². The molecule has 2 N–H and O–H groups in total. The van der Waals surface area contributed by atoms with Gasteiger partial charge in [-0.1, -0.05) is 54.6 Å². The minimum atomic E-state index is 0.403. The van der Waals surface area contributed by atoms with Crippen LogP contribution in [-0.4, -0.2) is 57.7 Å². The maximum absolute atomic E-state index is 10.1. The zero-order valence-electron chi connectivity index (χ0n) is 29.9. The summed E-state index contributed by atoms with van der Waals surface area (Å²) in [7, 11) is 0. The van der Waals surface area contributed by atoms with Gasteiger partial charge in [-0.2, -0.15) is 20.6 Å². The fraction of sp³-hybridized carbons (Fsp3) is 0.268. The van der Waals surface area contributed by atoms with Crippen LogP contribution in [0.25, 0.3) is 0 Å². The van der Waals surface area contributed by atoms with Crippen LogP contribution in [0.1, 0.15) is 24.0 Å². The van der Waals surface area contributed by atoms with E-state index >= 15 is 0 Å². The minimum absolute atomic E-state index is 0.403. The van der Waals surface area contributed by atoms with Gasteiger partial charge in [0.1, 0.15) is 42.3 Å². The topological polar surface area (TPSA) is 147 Å². The number of aromatic nitrogens is 1. The summed E-state index contributed by atoms with van der Waals surface area (Å²) in [4.78, 5) is 4.80. The van der Waals surface area contributed by atoms with Crippen LogP contribution >= 0.6 is 0 Å². The molecule has 0 amide bonds. The lowest BCUT2D eigenvalue weighted by atomic mass is 10.1. The number of anilines is 2. The second-order valence-corrected chi connectivity index (χ2v) is 11.6. The van der Waals surface area contributed by atoms with Gasteiger partial charge in [0.25, 0.3) is 0 Å². The molecule has 0 aliphatic heterocycles. The number of rotatable bonds is 22. The van der Waals surface area contributed by atoms with Crippen molar-refractivity contribution >= 4 is 34.4 Å². The first-order chi connectivity index (χ1) is 26.2. The number of ether oxygens (including phenoxy) is 4. The lowest BCUT2D eigenvalue weighted by molar-refractivity contribution is 0.0999. The van der Waals surface area contributed by atoms with E-state index in [1.165, 1.54) is 0 Å². The zero-order chi connectivity index (χ0) is 36.8. The Morgan fingerprint density at radius 3 is 1.51 bits per heavy atom. The Labute approximate surface area is 310 Å². The van der Waals surface area contributed by atoms with Crippen LogP contribution < -0.4 is 20.1 Å². The second kappa shape index (κ2) is 21.9. The average molecular weight is 713 g/mol. The number of hydrogen-bond acceptors (Lipinski definition) is 12. The highest BCUT2D eigenvalue weighted by molar-refractivity contribution is 5.74. The summed E-state index contributed by atoms with van der Waals surface area (Å²) in [5.41, 5.74) is 3.63. The van der Waals surface area contributed by atoms with Crippen molar-refractivity contribution in [1.29, 1.82) is 5.26 Å². The van der Waals surface area contributed by atoms with E-state index in [1.54, 1.807) is 0 Å². The molecule has 53 heavy (non-hydrogen) atoms. The van der Waals surface area contributed by atoms with Gasteiger partial charge in [-0.3, -0.25) is 0 Å². The molecule has 0 fully saturated rings. The van der Waals surface area contributed by atoms with E-state index in [-0.39, 0.29) is 0 Å². The number of azo groups is 2. The summed E-state index contributed by atoms with van der Waals surface area (Å²) < 4.78 is 22.9. The highest BCUT2D eigenvalue weighted by Crippen LogP contribution is 2.35. The normalized spacial score (nSPS) is 11.1. The predicted octanol–water partition coefficient (Wildman–Crippen LogP) is 9.89. The number of nitriles is 1. The summed E-state index contributed by atoms with van der Waals surface area (Å²) in [6.07, 6.45) is 1.43. The van der Waals surface area contributed by atoms with Crippen LogP contribution in [-0.2, 0) is 9.47 Å². The van der Waals surface area contributed by atoms with Crippen LogP contribution in [0.2, 0.25) is 0 Å². The quantitative estimate of drug-likeness (QED) is 0.0532. The van der Waals surface area contributed by atoms with Gasteiger partial charge in [-0.05, 0) is 80.4 Å². The first kappa shape index (κ1) is 38.1. The van der Waals surface area contributed by atoms with Crippen molar-refractivity contribution in [2.75, 3.05) is 63.4 Å². The molecule has 0 aliphatic rings. The molecule has 0 aliphatic carbocycles. The molecule has 5 aromatic rings. The van der Waals surface area contributed by atoms with Crippen LogP contribution in [0.3, 0.4) is 0 Å². The molecule has 0 spiro atoms. The molecule has 1 aromatic heterocycles. The first-order valence-electron chi connectivity index (χ1n) is 17.6. The van der Waals surface area contributed by atoms with Crippen LogP contribution in [0, 0.1) is 18.3 Å². The largest absolute Gasteiger partial charge is 0.491 e. The van der Waals surface area contributed by atoms with Gasteiger partial charge in [0.2, 0.25) is 0 Å². The number of benzene rings is 4. The molecule has 4 aromatic carbocycles. The maximum atomic E-state index is 10.1. The van der Waals surface area contributed by atoms with Gasteiger partial charge in [0, 0.05) is 31.9 Å². The van der Waals surface area contributed by atoms with E-state index in [4.69, 9.17) is 23.9 Å². The molecule has 0 saturated heterocycles. The lowest BCUT2D eigenvalue weighted by Crippen LogP contribution is -2.14. The van der Waals surface area contributed by atoms with Gasteiger partial charge in [0.15, 0.2) is 5.82 Å². The summed E-state index contributed by atoms with van der Waals surface area (Å²) in [6, 6.07) is 38.4. The van der Waals surface area contributed by atoms with Gasteiger partial charge in [-0.15, -0.1) is 5.11 Å². The summed E-state index contributed by atoms with van der Waals surface area (Å²) in [5, 5.41) is 34.4. The standard InChI is InChI=1S/C41H44N8O4/c1-32-38(31-42)40(43-23-11-25-50-27-29-52-36-15-7-3-8-16-36)45-41(44-24-12-26-51-28-30-53-37-17-9-4-10-18-37)39(32)49-48-35-21-19-34(20-22-35)47-46-33-13-5-2-6-14-33/h2-10,13-22H,11-12,23-30H2,1H3,(H2,43,44,45). The SMILES string of the molecule is Cc1c(C#N)c(NCCCOCCOc2ccccc2)nc(NCCCOCCOc2ccccc2)c1N=Nc1ccc(N=Nc2ccccc2)cc1. The zero-order valence-corrected chi connectivity index (χ0v) is 29.9. The Morgan fingerprint density at radius 1 is 0.547 bits per heavy atom. The number of nitrogens with zero attached hydrogens (tertiary/aromatic N) is 6. The third-order valence-corrected chi connectivity index (χ3v) is 7.67. The molecule has 0 saturated carbocycles. The molecule has 12 nitrogen and oxygen atoms in total. The molecule has 0 atom stereocenters. The molecular weight excluding hydrogens is 669 g/mol. The van der Waals surface area contributed by atoms with Crippen molar-refractivity contribution in [2.24, 2.45) is 20.5 Å². The number of pyridine rings is 1. The van der Waals surface area contributed by atoms with Gasteiger partial charge < -0.3 is 29.6 Å². The summed E-state index contributed by atoms with van der Waals surface area (Å²) >= 11 is 0. The van der Waals surface area contributed by atoms with Gasteiger partial charge in [0.05, 0.1) is 35.8 Å².